The van der Waals surface area contributed by atoms with Crippen LogP contribution in [0.2, 0.25) is 13.7 Å². The molecular formula is C13H10Cl3N3S2. The van der Waals surface area contributed by atoms with Gasteiger partial charge in [-0.05, 0) is 13.0 Å². The summed E-state index contributed by atoms with van der Waals surface area (Å²) in [5.41, 5.74) is 1.76. The van der Waals surface area contributed by atoms with Gasteiger partial charge in [-0.1, -0.05) is 34.8 Å². The van der Waals surface area contributed by atoms with Gasteiger partial charge in [-0.25, -0.2) is 4.98 Å². The van der Waals surface area contributed by atoms with Crippen molar-refractivity contribution >= 4 is 57.5 Å². The monoisotopic (exact) mass is 377 g/mol. The topological polar surface area (TPSA) is 30.7 Å². The zero-order valence-electron chi connectivity index (χ0n) is 10.9. The molecule has 0 saturated heterocycles. The SMILES string of the molecule is CC(Cc1nc(-c2cc(Cl)sc2Cl)cs1)n1cc(Cl)cn1. The van der Waals surface area contributed by atoms with Crippen LogP contribution in [-0.2, 0) is 6.42 Å². The normalized spacial score (nSPS) is 12.8. The summed E-state index contributed by atoms with van der Waals surface area (Å²) in [7, 11) is 0. The highest BCUT2D eigenvalue weighted by molar-refractivity contribution is 7.20. The molecule has 0 fully saturated rings. The van der Waals surface area contributed by atoms with Gasteiger partial charge in [0.2, 0.25) is 0 Å². The molecule has 0 aliphatic rings. The molecule has 3 nitrogen and oxygen atoms in total. The van der Waals surface area contributed by atoms with Crippen molar-refractivity contribution in [1.29, 1.82) is 0 Å². The third kappa shape index (κ3) is 3.43. The van der Waals surface area contributed by atoms with E-state index in [4.69, 9.17) is 34.8 Å². The molecule has 0 aliphatic carbocycles. The second-order valence-electron chi connectivity index (χ2n) is 4.56. The van der Waals surface area contributed by atoms with Crippen LogP contribution < -0.4 is 0 Å². The van der Waals surface area contributed by atoms with Gasteiger partial charge < -0.3 is 0 Å². The van der Waals surface area contributed by atoms with Crippen LogP contribution in [0.15, 0.2) is 23.8 Å². The summed E-state index contributed by atoms with van der Waals surface area (Å²) in [5, 5.41) is 7.89. The lowest BCUT2D eigenvalue weighted by atomic mass is 10.2. The van der Waals surface area contributed by atoms with Gasteiger partial charge in [-0.15, -0.1) is 22.7 Å². The molecule has 0 bridgehead atoms. The quantitative estimate of drug-likeness (QED) is 0.571. The molecule has 8 heteroatoms. The summed E-state index contributed by atoms with van der Waals surface area (Å²) >= 11 is 21.0. The van der Waals surface area contributed by atoms with Crippen LogP contribution in [0.5, 0.6) is 0 Å². The van der Waals surface area contributed by atoms with Gasteiger partial charge in [0.1, 0.15) is 4.34 Å². The Morgan fingerprint density at radius 3 is 2.76 bits per heavy atom. The Hall–Kier alpha value is -0.590. The highest BCUT2D eigenvalue weighted by Crippen LogP contribution is 2.38. The predicted octanol–water partition coefficient (Wildman–Crippen LogP) is 5.83. The summed E-state index contributed by atoms with van der Waals surface area (Å²) in [4.78, 5) is 4.63. The number of thiazole rings is 1. The number of halogens is 3. The molecule has 110 valence electrons. The summed E-state index contributed by atoms with van der Waals surface area (Å²) < 4.78 is 3.19. The first-order valence-electron chi connectivity index (χ1n) is 6.12. The highest BCUT2D eigenvalue weighted by atomic mass is 35.5. The molecule has 0 amide bonds. The lowest BCUT2D eigenvalue weighted by Crippen LogP contribution is -2.08. The Balaban J connectivity index is 1.77. The molecule has 0 aliphatic heterocycles. The number of hydrogen-bond acceptors (Lipinski definition) is 4. The first kappa shape index (κ1) is 15.3. The van der Waals surface area contributed by atoms with E-state index in [1.54, 1.807) is 17.5 Å². The fourth-order valence-electron chi connectivity index (χ4n) is 1.95. The van der Waals surface area contributed by atoms with Crippen molar-refractivity contribution < 1.29 is 0 Å². The molecule has 3 aromatic rings. The number of aromatic nitrogens is 3. The number of thiophene rings is 1. The molecule has 3 heterocycles. The molecule has 0 N–H and O–H groups in total. The third-order valence-electron chi connectivity index (χ3n) is 2.98. The highest BCUT2D eigenvalue weighted by Gasteiger charge is 2.14. The van der Waals surface area contributed by atoms with E-state index in [1.165, 1.54) is 11.3 Å². The van der Waals surface area contributed by atoms with Crippen molar-refractivity contribution in [3.63, 3.8) is 0 Å². The van der Waals surface area contributed by atoms with Crippen LogP contribution in [0.3, 0.4) is 0 Å². The zero-order valence-corrected chi connectivity index (χ0v) is 14.8. The van der Waals surface area contributed by atoms with Gasteiger partial charge in [-0.2, -0.15) is 5.10 Å². The van der Waals surface area contributed by atoms with E-state index in [0.29, 0.717) is 13.7 Å². The van der Waals surface area contributed by atoms with E-state index < -0.39 is 0 Å². The van der Waals surface area contributed by atoms with Gasteiger partial charge >= 0.3 is 0 Å². The van der Waals surface area contributed by atoms with Gasteiger partial charge in [0.05, 0.1) is 32.3 Å². The molecule has 1 unspecified atom stereocenters. The number of rotatable bonds is 4. The van der Waals surface area contributed by atoms with Crippen LogP contribution in [-0.4, -0.2) is 14.8 Å². The van der Waals surface area contributed by atoms with Gasteiger partial charge in [-0.3, -0.25) is 4.68 Å². The zero-order chi connectivity index (χ0) is 15.0. The van der Waals surface area contributed by atoms with Crippen LogP contribution in [0.25, 0.3) is 11.3 Å². The Bertz CT molecular complexity index is 762. The molecule has 3 rings (SSSR count). The van der Waals surface area contributed by atoms with Crippen LogP contribution in [0.1, 0.15) is 18.0 Å². The standard InChI is InChI=1S/C13H10Cl3N3S2/c1-7(19-5-8(14)4-17-19)2-12-18-10(6-20-12)9-3-11(15)21-13(9)16/h3-7H,2H2,1H3. The van der Waals surface area contributed by atoms with E-state index in [0.717, 1.165) is 22.7 Å². The minimum atomic E-state index is 0.193. The summed E-state index contributed by atoms with van der Waals surface area (Å²) in [6, 6.07) is 2.04. The summed E-state index contributed by atoms with van der Waals surface area (Å²) in [5.74, 6) is 0. The van der Waals surface area contributed by atoms with Gasteiger partial charge in [0, 0.05) is 23.6 Å². The Morgan fingerprint density at radius 1 is 1.33 bits per heavy atom. The van der Waals surface area contributed by atoms with Crippen molar-refractivity contribution in [3.8, 4) is 11.3 Å². The molecule has 21 heavy (non-hydrogen) atoms. The Kier molecular flexibility index (Phi) is 4.57. The minimum absolute atomic E-state index is 0.193. The summed E-state index contributed by atoms with van der Waals surface area (Å²) in [6.07, 6.45) is 4.24. The number of hydrogen-bond donors (Lipinski definition) is 0. The van der Waals surface area contributed by atoms with Crippen molar-refractivity contribution in [2.45, 2.75) is 19.4 Å². The van der Waals surface area contributed by atoms with Crippen molar-refractivity contribution in [3.05, 3.63) is 42.5 Å². The van der Waals surface area contributed by atoms with Crippen molar-refractivity contribution in [2.24, 2.45) is 0 Å². The average molecular weight is 379 g/mol. The fourth-order valence-corrected chi connectivity index (χ4v) is 4.49. The lowest BCUT2D eigenvalue weighted by Gasteiger charge is -2.09. The van der Waals surface area contributed by atoms with E-state index in [-0.39, 0.29) is 6.04 Å². The van der Waals surface area contributed by atoms with E-state index in [1.807, 2.05) is 22.3 Å². The first-order chi connectivity index (χ1) is 10.0. The van der Waals surface area contributed by atoms with Crippen LogP contribution in [0.4, 0.5) is 0 Å². The Labute approximate surface area is 145 Å². The van der Waals surface area contributed by atoms with Crippen molar-refractivity contribution in [2.75, 3.05) is 0 Å². The second-order valence-corrected chi connectivity index (χ2v) is 8.22. The maximum atomic E-state index is 6.16. The van der Waals surface area contributed by atoms with E-state index in [9.17, 15) is 0 Å². The maximum absolute atomic E-state index is 6.16. The maximum Gasteiger partial charge on any atom is 0.104 e. The van der Waals surface area contributed by atoms with E-state index >= 15 is 0 Å². The third-order valence-corrected chi connectivity index (χ3v) is 5.53. The number of nitrogens with zero attached hydrogens (tertiary/aromatic N) is 3. The van der Waals surface area contributed by atoms with E-state index in [2.05, 4.69) is 17.0 Å². The van der Waals surface area contributed by atoms with Gasteiger partial charge in [0.25, 0.3) is 0 Å². The van der Waals surface area contributed by atoms with Crippen LogP contribution in [0, 0.1) is 0 Å². The lowest BCUT2D eigenvalue weighted by molar-refractivity contribution is 0.488. The molecule has 3 aromatic heterocycles. The smallest absolute Gasteiger partial charge is 0.104 e. The fraction of sp³-hybridized carbons (Fsp3) is 0.231. The molecular weight excluding hydrogens is 369 g/mol. The molecule has 0 spiro atoms. The molecule has 0 saturated carbocycles. The largest absolute Gasteiger partial charge is 0.268 e. The minimum Gasteiger partial charge on any atom is -0.268 e. The Morgan fingerprint density at radius 2 is 2.14 bits per heavy atom. The first-order valence-corrected chi connectivity index (χ1v) is 8.95. The van der Waals surface area contributed by atoms with Gasteiger partial charge in [0.15, 0.2) is 0 Å². The second kappa shape index (κ2) is 6.26. The molecule has 1 atom stereocenters. The molecule has 0 radical (unpaired) electrons. The summed E-state index contributed by atoms with van der Waals surface area (Å²) in [6.45, 7) is 2.08. The van der Waals surface area contributed by atoms with Crippen molar-refractivity contribution in [1.82, 2.24) is 14.8 Å². The average Bonchev–Trinajstić information content (AvgIpc) is 3.10. The van der Waals surface area contributed by atoms with Crippen LogP contribution >= 0.6 is 57.5 Å². The molecule has 0 aromatic carbocycles. The predicted molar refractivity (Wildman–Crippen MR) is 91.1 cm³/mol.